The molecular weight excluding hydrogens is 353 g/mol. The summed E-state index contributed by atoms with van der Waals surface area (Å²) in [7, 11) is 1.57. The molecule has 2 aromatic carbocycles. The van der Waals surface area contributed by atoms with Crippen LogP contribution in [0.5, 0.6) is 5.75 Å². The Morgan fingerprint density at radius 2 is 1.79 bits per heavy atom. The highest BCUT2D eigenvalue weighted by Crippen LogP contribution is 2.29. The minimum Gasteiger partial charge on any atom is -0.497 e. The number of nitrogens with one attached hydrogen (secondary N) is 1. The second kappa shape index (κ2) is 7.86. The van der Waals surface area contributed by atoms with Gasteiger partial charge in [0.25, 0.3) is 0 Å². The molecule has 0 atom stereocenters. The van der Waals surface area contributed by atoms with Crippen molar-refractivity contribution in [3.63, 3.8) is 0 Å². The van der Waals surface area contributed by atoms with Crippen LogP contribution in [0.1, 0.15) is 15.9 Å². The molecule has 2 aromatic rings. The van der Waals surface area contributed by atoms with Crippen molar-refractivity contribution in [1.29, 1.82) is 0 Å². The first-order valence-corrected chi connectivity index (χ1v) is 7.51. The molecule has 0 spiro atoms. The van der Waals surface area contributed by atoms with E-state index < -0.39 is 11.9 Å². The molecule has 0 unspecified atom stereocenters. The molecule has 0 saturated carbocycles. The van der Waals surface area contributed by atoms with Gasteiger partial charge in [-0.2, -0.15) is 0 Å². The zero-order valence-electron chi connectivity index (χ0n) is 12.5. The van der Waals surface area contributed by atoms with Crippen LogP contribution in [-0.4, -0.2) is 24.1 Å². The summed E-state index contributed by atoms with van der Waals surface area (Å²) in [6.07, 6.45) is 2.92. The fraction of sp³-hybridized carbons (Fsp3) is 0.0588. The number of carbonyl (C=O) groups is 2. The number of anilines is 1. The maximum Gasteiger partial charge on any atom is 0.337 e. The second-order valence-corrected chi connectivity index (χ2v) is 5.53. The molecule has 0 saturated heterocycles. The Labute approximate surface area is 148 Å². The summed E-state index contributed by atoms with van der Waals surface area (Å²) in [6.45, 7) is 0. The smallest absolute Gasteiger partial charge is 0.337 e. The quantitative estimate of drug-likeness (QED) is 0.772. The molecule has 124 valence electrons. The van der Waals surface area contributed by atoms with Crippen LogP contribution in [0.25, 0.3) is 6.08 Å². The van der Waals surface area contributed by atoms with E-state index in [2.05, 4.69) is 5.32 Å². The van der Waals surface area contributed by atoms with Crippen molar-refractivity contribution in [3.8, 4) is 5.75 Å². The molecule has 5 nitrogen and oxygen atoms in total. The zero-order chi connectivity index (χ0) is 17.7. The molecule has 0 aliphatic heterocycles. The van der Waals surface area contributed by atoms with Gasteiger partial charge in [0.15, 0.2) is 0 Å². The molecule has 7 heteroatoms. The first-order chi connectivity index (χ1) is 11.4. The fourth-order valence-electron chi connectivity index (χ4n) is 1.87. The summed E-state index contributed by atoms with van der Waals surface area (Å²) in [6, 6.07) is 9.61. The lowest BCUT2D eigenvalue weighted by atomic mass is 10.2. The van der Waals surface area contributed by atoms with Crippen LogP contribution in [0, 0.1) is 0 Å². The van der Waals surface area contributed by atoms with E-state index >= 15 is 0 Å². The van der Waals surface area contributed by atoms with Gasteiger partial charge in [-0.15, -0.1) is 0 Å². The molecule has 24 heavy (non-hydrogen) atoms. The summed E-state index contributed by atoms with van der Waals surface area (Å²) in [5.41, 5.74) is 0.831. The van der Waals surface area contributed by atoms with Crippen molar-refractivity contribution in [2.45, 2.75) is 0 Å². The van der Waals surface area contributed by atoms with Crippen LogP contribution in [0.3, 0.4) is 0 Å². The average Bonchev–Trinajstić information content (AvgIpc) is 2.55. The number of rotatable bonds is 5. The maximum absolute atomic E-state index is 12.0. The van der Waals surface area contributed by atoms with Crippen LogP contribution in [0.15, 0.2) is 42.5 Å². The SMILES string of the molecule is COc1ccc(/C=C/C(=O)Nc2cc(C(=O)O)c(Cl)cc2Cl)cc1. The number of benzene rings is 2. The van der Waals surface area contributed by atoms with Crippen molar-refractivity contribution in [1.82, 2.24) is 0 Å². The van der Waals surface area contributed by atoms with Gasteiger partial charge in [-0.05, 0) is 35.9 Å². The molecule has 2 rings (SSSR count). The van der Waals surface area contributed by atoms with Gasteiger partial charge in [0.2, 0.25) is 5.91 Å². The van der Waals surface area contributed by atoms with E-state index in [4.69, 9.17) is 33.0 Å². The molecule has 0 aliphatic rings. The molecule has 1 amide bonds. The predicted molar refractivity (Wildman–Crippen MR) is 94.1 cm³/mol. The Bertz CT molecular complexity index is 801. The molecule has 0 aliphatic carbocycles. The summed E-state index contributed by atoms with van der Waals surface area (Å²) in [5.74, 6) is -0.946. The van der Waals surface area contributed by atoms with Gasteiger partial charge in [-0.25, -0.2) is 4.79 Å². The number of hydrogen-bond acceptors (Lipinski definition) is 3. The third-order valence-corrected chi connectivity index (χ3v) is 3.71. The summed E-state index contributed by atoms with van der Waals surface area (Å²) in [5, 5.41) is 11.7. The van der Waals surface area contributed by atoms with E-state index in [1.165, 1.54) is 18.2 Å². The topological polar surface area (TPSA) is 75.6 Å². The van der Waals surface area contributed by atoms with Crippen LogP contribution in [-0.2, 0) is 4.79 Å². The number of methoxy groups -OCH3 is 1. The normalized spacial score (nSPS) is 10.6. The first-order valence-electron chi connectivity index (χ1n) is 6.76. The predicted octanol–water partition coefficient (Wildman–Crippen LogP) is 4.35. The van der Waals surface area contributed by atoms with E-state index in [0.29, 0.717) is 5.75 Å². The molecule has 0 radical (unpaired) electrons. The van der Waals surface area contributed by atoms with Crippen LogP contribution in [0.4, 0.5) is 5.69 Å². The standard InChI is InChI=1S/C17H13Cl2NO4/c1-24-11-5-2-10(3-6-11)4-7-16(21)20-15-8-12(17(22)23)13(18)9-14(15)19/h2-9H,1H3,(H,20,21)(H,22,23)/b7-4+. The zero-order valence-corrected chi connectivity index (χ0v) is 14.1. The van der Waals surface area contributed by atoms with E-state index in [-0.39, 0.29) is 21.3 Å². The van der Waals surface area contributed by atoms with Crippen molar-refractivity contribution in [2.75, 3.05) is 12.4 Å². The number of amides is 1. The second-order valence-electron chi connectivity index (χ2n) is 4.71. The average molecular weight is 366 g/mol. The number of carboxylic acid groups (broad SMARTS) is 1. The lowest BCUT2D eigenvalue weighted by molar-refractivity contribution is -0.111. The number of ether oxygens (including phenoxy) is 1. The minimum absolute atomic E-state index is 0.000672. The van der Waals surface area contributed by atoms with Crippen molar-refractivity contribution in [2.24, 2.45) is 0 Å². The summed E-state index contributed by atoms with van der Waals surface area (Å²) in [4.78, 5) is 23.0. The van der Waals surface area contributed by atoms with Crippen molar-refractivity contribution >= 4 is 46.8 Å². The Balaban J connectivity index is 2.12. The van der Waals surface area contributed by atoms with Gasteiger partial charge in [0.1, 0.15) is 5.75 Å². The van der Waals surface area contributed by atoms with E-state index in [9.17, 15) is 9.59 Å². The number of aromatic carboxylic acids is 1. The Morgan fingerprint density at radius 3 is 2.38 bits per heavy atom. The Morgan fingerprint density at radius 1 is 1.12 bits per heavy atom. The van der Waals surface area contributed by atoms with Crippen LogP contribution >= 0.6 is 23.2 Å². The molecule has 0 aromatic heterocycles. The Kier molecular flexibility index (Phi) is 5.84. The molecule has 0 heterocycles. The van der Waals surface area contributed by atoms with Crippen molar-refractivity contribution in [3.05, 3.63) is 63.6 Å². The summed E-state index contributed by atoms with van der Waals surface area (Å²) < 4.78 is 5.05. The van der Waals surface area contributed by atoms with Crippen molar-refractivity contribution < 1.29 is 19.4 Å². The highest BCUT2D eigenvalue weighted by molar-refractivity contribution is 6.38. The van der Waals surface area contributed by atoms with E-state index in [1.54, 1.807) is 37.5 Å². The third-order valence-electron chi connectivity index (χ3n) is 3.09. The lowest BCUT2D eigenvalue weighted by Gasteiger charge is -2.08. The van der Waals surface area contributed by atoms with Gasteiger partial charge < -0.3 is 15.2 Å². The number of carbonyl (C=O) groups excluding carboxylic acids is 1. The molecule has 2 N–H and O–H groups in total. The van der Waals surface area contributed by atoms with Crippen LogP contribution < -0.4 is 10.1 Å². The monoisotopic (exact) mass is 365 g/mol. The van der Waals surface area contributed by atoms with E-state index in [1.807, 2.05) is 0 Å². The highest BCUT2D eigenvalue weighted by atomic mass is 35.5. The van der Waals surface area contributed by atoms with Crippen LogP contribution in [0.2, 0.25) is 10.0 Å². The first kappa shape index (κ1) is 17.8. The van der Waals surface area contributed by atoms with Gasteiger partial charge in [0, 0.05) is 6.08 Å². The molecule has 0 fully saturated rings. The maximum atomic E-state index is 12.0. The number of hydrogen-bond donors (Lipinski definition) is 2. The van der Waals surface area contributed by atoms with Gasteiger partial charge in [-0.3, -0.25) is 4.79 Å². The van der Waals surface area contributed by atoms with Gasteiger partial charge >= 0.3 is 5.97 Å². The fourth-order valence-corrected chi connectivity index (χ4v) is 2.38. The number of carboxylic acids is 1. The third kappa shape index (κ3) is 4.50. The molecular formula is C17H13Cl2NO4. The molecule has 0 bridgehead atoms. The van der Waals surface area contributed by atoms with E-state index in [0.717, 1.165) is 5.56 Å². The largest absolute Gasteiger partial charge is 0.497 e. The lowest BCUT2D eigenvalue weighted by Crippen LogP contribution is -2.09. The van der Waals surface area contributed by atoms with Gasteiger partial charge in [-0.1, -0.05) is 35.3 Å². The number of halogens is 2. The Hall–Kier alpha value is -2.50. The summed E-state index contributed by atoms with van der Waals surface area (Å²) >= 11 is 11.8. The highest BCUT2D eigenvalue weighted by Gasteiger charge is 2.13. The minimum atomic E-state index is -1.21. The van der Waals surface area contributed by atoms with Gasteiger partial charge in [0.05, 0.1) is 28.4 Å².